The summed E-state index contributed by atoms with van der Waals surface area (Å²) in [6.07, 6.45) is 0.212. The number of benzene rings is 1. The highest BCUT2D eigenvalue weighted by molar-refractivity contribution is 5.78. The zero-order valence-electron chi connectivity index (χ0n) is 8.03. The van der Waals surface area contributed by atoms with Crippen LogP contribution >= 0.6 is 0 Å². The van der Waals surface area contributed by atoms with Gasteiger partial charge in [-0.1, -0.05) is 6.07 Å². The standard InChI is InChI=1S/C11H11FO3/c12-11(10(14)15)4-3-7-5-9(13)2-1-8(7)6-11/h1-2,5,13H,3-4,6H2,(H,14,15). The van der Waals surface area contributed by atoms with Gasteiger partial charge in [-0.25, -0.2) is 9.18 Å². The van der Waals surface area contributed by atoms with Crippen molar-refractivity contribution in [3.8, 4) is 5.75 Å². The Labute approximate surface area is 86.2 Å². The summed E-state index contributed by atoms with van der Waals surface area (Å²) in [5.41, 5.74) is -0.641. The number of aryl methyl sites for hydroxylation is 1. The Morgan fingerprint density at radius 1 is 1.40 bits per heavy atom. The largest absolute Gasteiger partial charge is 0.508 e. The highest BCUT2D eigenvalue weighted by Crippen LogP contribution is 2.33. The molecule has 0 fully saturated rings. The van der Waals surface area contributed by atoms with E-state index in [9.17, 15) is 14.3 Å². The third kappa shape index (κ3) is 1.67. The van der Waals surface area contributed by atoms with Crippen molar-refractivity contribution in [1.82, 2.24) is 0 Å². The highest BCUT2D eigenvalue weighted by Gasteiger charge is 2.41. The molecule has 3 nitrogen and oxygen atoms in total. The van der Waals surface area contributed by atoms with Crippen molar-refractivity contribution < 1.29 is 19.4 Å². The summed E-state index contributed by atoms with van der Waals surface area (Å²) in [6, 6.07) is 4.60. The molecule has 2 N–H and O–H groups in total. The lowest BCUT2D eigenvalue weighted by Crippen LogP contribution is -2.39. The summed E-state index contributed by atoms with van der Waals surface area (Å²) < 4.78 is 13.8. The Morgan fingerprint density at radius 3 is 2.80 bits per heavy atom. The molecule has 1 atom stereocenters. The lowest BCUT2D eigenvalue weighted by atomic mass is 9.82. The lowest BCUT2D eigenvalue weighted by Gasteiger charge is -2.27. The first-order valence-corrected chi connectivity index (χ1v) is 4.74. The number of carboxylic acids is 1. The fraction of sp³-hybridized carbons (Fsp3) is 0.364. The number of phenolic OH excluding ortho intramolecular Hbond substituents is 1. The molecule has 0 aliphatic heterocycles. The molecule has 0 amide bonds. The first kappa shape index (κ1) is 9.96. The number of alkyl halides is 1. The maximum absolute atomic E-state index is 13.8. The number of fused-ring (bicyclic) bond motifs is 1. The monoisotopic (exact) mass is 210 g/mol. The van der Waals surface area contributed by atoms with E-state index in [2.05, 4.69) is 0 Å². The Hall–Kier alpha value is -1.58. The average molecular weight is 210 g/mol. The van der Waals surface area contributed by atoms with Crippen LogP contribution in [0.3, 0.4) is 0 Å². The number of aliphatic carboxylic acids is 1. The minimum Gasteiger partial charge on any atom is -0.508 e. The van der Waals surface area contributed by atoms with Crippen molar-refractivity contribution in [2.45, 2.75) is 24.9 Å². The molecule has 4 heteroatoms. The van der Waals surface area contributed by atoms with Gasteiger partial charge in [0.2, 0.25) is 5.67 Å². The van der Waals surface area contributed by atoms with Crippen molar-refractivity contribution in [3.63, 3.8) is 0 Å². The van der Waals surface area contributed by atoms with Crippen LogP contribution in [0.5, 0.6) is 5.75 Å². The van der Waals surface area contributed by atoms with Crippen LogP contribution in [0.1, 0.15) is 17.5 Å². The number of carboxylic acid groups (broad SMARTS) is 1. The van der Waals surface area contributed by atoms with Crippen LogP contribution in [0.4, 0.5) is 4.39 Å². The number of halogens is 1. The van der Waals surface area contributed by atoms with E-state index in [1.807, 2.05) is 0 Å². The van der Waals surface area contributed by atoms with Crippen LogP contribution in [-0.2, 0) is 17.6 Å². The van der Waals surface area contributed by atoms with E-state index in [0.717, 1.165) is 5.56 Å². The number of hydrogen-bond acceptors (Lipinski definition) is 2. The van der Waals surface area contributed by atoms with E-state index in [-0.39, 0.29) is 18.6 Å². The molecule has 2 rings (SSSR count). The summed E-state index contributed by atoms with van der Waals surface area (Å²) in [6.45, 7) is 0. The van der Waals surface area contributed by atoms with E-state index < -0.39 is 11.6 Å². The lowest BCUT2D eigenvalue weighted by molar-refractivity contribution is -0.151. The second kappa shape index (κ2) is 3.22. The number of rotatable bonds is 1. The van der Waals surface area contributed by atoms with Gasteiger partial charge < -0.3 is 10.2 Å². The van der Waals surface area contributed by atoms with Gasteiger partial charge in [-0.3, -0.25) is 0 Å². The van der Waals surface area contributed by atoms with Gasteiger partial charge in [0.15, 0.2) is 0 Å². The van der Waals surface area contributed by atoms with Gasteiger partial charge in [-0.05, 0) is 36.1 Å². The number of hydrogen-bond donors (Lipinski definition) is 2. The van der Waals surface area contributed by atoms with Gasteiger partial charge in [0.25, 0.3) is 0 Å². The molecule has 1 aliphatic rings. The first-order chi connectivity index (χ1) is 7.01. The van der Waals surface area contributed by atoms with Crippen molar-refractivity contribution in [2.24, 2.45) is 0 Å². The molecule has 1 aliphatic carbocycles. The molecule has 0 saturated heterocycles. The Balaban J connectivity index is 2.35. The predicted molar refractivity (Wildman–Crippen MR) is 51.6 cm³/mol. The predicted octanol–water partition coefficient (Wildman–Crippen LogP) is 1.67. The number of aromatic hydroxyl groups is 1. The van der Waals surface area contributed by atoms with Crippen LogP contribution < -0.4 is 0 Å². The Bertz CT molecular complexity index is 416. The van der Waals surface area contributed by atoms with Gasteiger partial charge >= 0.3 is 5.97 Å². The van der Waals surface area contributed by atoms with Gasteiger partial charge in [0.1, 0.15) is 5.75 Å². The second-order valence-electron chi connectivity index (χ2n) is 3.90. The normalized spacial score (nSPS) is 24.6. The molecular formula is C11H11FO3. The first-order valence-electron chi connectivity index (χ1n) is 4.74. The third-order valence-corrected chi connectivity index (χ3v) is 2.83. The summed E-state index contributed by atoms with van der Waals surface area (Å²) in [5.74, 6) is -1.27. The van der Waals surface area contributed by atoms with E-state index in [4.69, 9.17) is 5.11 Å². The maximum Gasteiger partial charge on any atom is 0.341 e. The Kier molecular flexibility index (Phi) is 2.14. The van der Waals surface area contributed by atoms with Gasteiger partial charge in [-0.2, -0.15) is 0 Å². The SMILES string of the molecule is O=C(O)C1(F)CCc2cc(O)ccc2C1. The van der Waals surface area contributed by atoms with Crippen LogP contribution in [-0.4, -0.2) is 21.9 Å². The minimum absolute atomic E-state index is 0.0290. The zero-order chi connectivity index (χ0) is 11.1. The van der Waals surface area contributed by atoms with E-state index in [1.165, 1.54) is 6.07 Å². The van der Waals surface area contributed by atoms with Crippen LogP contribution in [0.25, 0.3) is 0 Å². The molecule has 0 bridgehead atoms. The molecule has 1 aromatic carbocycles. The van der Waals surface area contributed by atoms with E-state index >= 15 is 0 Å². The molecule has 0 spiro atoms. The molecule has 1 unspecified atom stereocenters. The molecule has 15 heavy (non-hydrogen) atoms. The topological polar surface area (TPSA) is 57.5 Å². The summed E-state index contributed by atoms with van der Waals surface area (Å²) in [4.78, 5) is 10.7. The Morgan fingerprint density at radius 2 is 2.13 bits per heavy atom. The van der Waals surface area contributed by atoms with E-state index in [0.29, 0.717) is 12.0 Å². The quantitative estimate of drug-likeness (QED) is 0.741. The molecule has 0 heterocycles. The van der Waals surface area contributed by atoms with Crippen molar-refractivity contribution in [2.75, 3.05) is 0 Å². The maximum atomic E-state index is 13.8. The summed E-state index contributed by atoms with van der Waals surface area (Å²) in [7, 11) is 0. The third-order valence-electron chi connectivity index (χ3n) is 2.83. The zero-order valence-corrected chi connectivity index (χ0v) is 8.03. The number of phenols is 1. The van der Waals surface area contributed by atoms with E-state index in [1.54, 1.807) is 12.1 Å². The fourth-order valence-corrected chi connectivity index (χ4v) is 1.92. The highest BCUT2D eigenvalue weighted by atomic mass is 19.1. The van der Waals surface area contributed by atoms with Crippen LogP contribution in [0, 0.1) is 0 Å². The van der Waals surface area contributed by atoms with Gasteiger partial charge in [-0.15, -0.1) is 0 Å². The van der Waals surface area contributed by atoms with Gasteiger partial charge in [0, 0.05) is 6.42 Å². The molecule has 0 radical (unpaired) electrons. The van der Waals surface area contributed by atoms with Crippen LogP contribution in [0.15, 0.2) is 18.2 Å². The van der Waals surface area contributed by atoms with Crippen molar-refractivity contribution in [1.29, 1.82) is 0 Å². The average Bonchev–Trinajstić information content (AvgIpc) is 2.18. The molecule has 80 valence electrons. The molecular weight excluding hydrogens is 199 g/mol. The van der Waals surface area contributed by atoms with Crippen LogP contribution in [0.2, 0.25) is 0 Å². The molecule has 0 aromatic heterocycles. The summed E-state index contributed by atoms with van der Waals surface area (Å²) in [5, 5.41) is 18.0. The van der Waals surface area contributed by atoms with Crippen molar-refractivity contribution >= 4 is 5.97 Å². The number of carbonyl (C=O) groups is 1. The molecule has 0 saturated carbocycles. The fourth-order valence-electron chi connectivity index (χ4n) is 1.92. The summed E-state index contributed by atoms with van der Waals surface area (Å²) >= 11 is 0. The molecule has 1 aromatic rings. The van der Waals surface area contributed by atoms with Gasteiger partial charge in [0.05, 0.1) is 0 Å². The van der Waals surface area contributed by atoms with Crippen molar-refractivity contribution in [3.05, 3.63) is 29.3 Å². The second-order valence-corrected chi connectivity index (χ2v) is 3.90. The minimum atomic E-state index is -2.15. The smallest absolute Gasteiger partial charge is 0.341 e.